The summed E-state index contributed by atoms with van der Waals surface area (Å²) in [5, 5.41) is 3.78. The molecule has 9 heteroatoms. The maximum absolute atomic E-state index is 12.6. The minimum atomic E-state index is -4.73. The van der Waals surface area contributed by atoms with E-state index in [1.54, 1.807) is 12.1 Å². The Morgan fingerprint density at radius 3 is 2.36 bits per heavy atom. The van der Waals surface area contributed by atoms with Crippen LogP contribution in [0.15, 0.2) is 72.9 Å². The van der Waals surface area contributed by atoms with Gasteiger partial charge in [0, 0.05) is 47.3 Å². The summed E-state index contributed by atoms with van der Waals surface area (Å²) in [6.45, 7) is 2.93. The molecule has 206 valence electrons. The number of halogens is 4. The molecule has 0 spiro atoms. The summed E-state index contributed by atoms with van der Waals surface area (Å²) in [4.78, 5) is 6.27. The highest BCUT2D eigenvalue weighted by Gasteiger charge is 2.31. The minimum absolute atomic E-state index is 0.250. The van der Waals surface area contributed by atoms with Crippen molar-refractivity contribution in [3.8, 4) is 22.6 Å². The fraction of sp³-hybridized carbons (Fsp3) is 0.333. The molecule has 1 aliphatic heterocycles. The topological polar surface area (TPSA) is 52.6 Å². The highest BCUT2D eigenvalue weighted by Crippen LogP contribution is 2.35. The van der Waals surface area contributed by atoms with Gasteiger partial charge in [0.25, 0.3) is 0 Å². The Morgan fingerprint density at radius 2 is 1.67 bits per heavy atom. The van der Waals surface area contributed by atoms with Crippen molar-refractivity contribution in [3.63, 3.8) is 0 Å². The normalized spacial score (nSPS) is 15.1. The highest BCUT2D eigenvalue weighted by atomic mass is 35.5. The van der Waals surface area contributed by atoms with Crippen molar-refractivity contribution in [2.75, 3.05) is 19.6 Å². The maximum atomic E-state index is 12.6. The number of hydrogen-bond donors (Lipinski definition) is 1. The van der Waals surface area contributed by atoms with Gasteiger partial charge in [-0.3, -0.25) is 0 Å². The molecule has 5 rings (SSSR count). The third-order valence-electron chi connectivity index (χ3n) is 7.13. The van der Waals surface area contributed by atoms with E-state index in [0.717, 1.165) is 78.1 Å². The Balaban J connectivity index is 1.32. The van der Waals surface area contributed by atoms with Gasteiger partial charge >= 0.3 is 6.36 Å². The predicted octanol–water partition coefficient (Wildman–Crippen LogP) is 7.46. The van der Waals surface area contributed by atoms with Gasteiger partial charge < -0.3 is 19.9 Å². The molecule has 3 aromatic carbocycles. The van der Waals surface area contributed by atoms with E-state index >= 15 is 0 Å². The highest BCUT2D eigenvalue weighted by molar-refractivity contribution is 6.31. The van der Waals surface area contributed by atoms with Crippen LogP contribution < -0.4 is 15.3 Å². The number of alkyl halides is 3. The van der Waals surface area contributed by atoms with Crippen molar-refractivity contribution in [2.45, 2.75) is 38.6 Å². The van der Waals surface area contributed by atoms with E-state index in [4.69, 9.17) is 22.2 Å². The summed E-state index contributed by atoms with van der Waals surface area (Å²) in [6.07, 6.45) is 1.09. The molecule has 1 aliphatic rings. The Kier molecular flexibility index (Phi) is 8.35. The Morgan fingerprint density at radius 1 is 0.949 bits per heavy atom. The van der Waals surface area contributed by atoms with Crippen molar-refractivity contribution in [1.82, 2.24) is 9.63 Å². The van der Waals surface area contributed by atoms with Crippen LogP contribution in [0.4, 0.5) is 13.2 Å². The zero-order chi connectivity index (χ0) is 27.4. The molecular formula is C30H31ClF3N3O2. The first kappa shape index (κ1) is 27.4. The van der Waals surface area contributed by atoms with Crippen LogP contribution >= 0.6 is 11.6 Å². The first-order chi connectivity index (χ1) is 18.8. The summed E-state index contributed by atoms with van der Waals surface area (Å²) in [7, 11) is 0. The van der Waals surface area contributed by atoms with Gasteiger partial charge in [0.2, 0.25) is 0 Å². The van der Waals surface area contributed by atoms with Crippen molar-refractivity contribution < 1.29 is 22.7 Å². The van der Waals surface area contributed by atoms with Crippen molar-refractivity contribution in [1.29, 1.82) is 0 Å². The largest absolute Gasteiger partial charge is 0.573 e. The van der Waals surface area contributed by atoms with E-state index in [9.17, 15) is 13.2 Å². The van der Waals surface area contributed by atoms with Gasteiger partial charge in [-0.2, -0.15) is 0 Å². The number of aromatic nitrogens is 1. The van der Waals surface area contributed by atoms with Gasteiger partial charge in [-0.05, 0) is 85.7 Å². The van der Waals surface area contributed by atoms with E-state index in [-0.39, 0.29) is 5.75 Å². The molecule has 0 atom stereocenters. The molecule has 0 saturated carbocycles. The third-order valence-corrected chi connectivity index (χ3v) is 7.50. The lowest BCUT2D eigenvalue weighted by Crippen LogP contribution is -2.36. The zero-order valence-electron chi connectivity index (χ0n) is 21.5. The summed E-state index contributed by atoms with van der Waals surface area (Å²) in [6, 6.07) is 19.9. The zero-order valence-corrected chi connectivity index (χ0v) is 22.2. The molecule has 2 N–H and O–H groups in total. The molecule has 0 aliphatic carbocycles. The molecule has 39 heavy (non-hydrogen) atoms. The molecule has 0 bridgehead atoms. The number of hydrogen-bond acceptors (Lipinski definition) is 4. The van der Waals surface area contributed by atoms with E-state index in [1.165, 1.54) is 17.7 Å². The fourth-order valence-corrected chi connectivity index (χ4v) is 5.39. The smallest absolute Gasteiger partial charge is 0.406 e. The number of nitrogens with zero attached hydrogens (tertiary/aromatic N) is 2. The fourth-order valence-electron chi connectivity index (χ4n) is 5.17. The van der Waals surface area contributed by atoms with Crippen LogP contribution in [0.1, 0.15) is 24.8 Å². The van der Waals surface area contributed by atoms with Crippen LogP contribution in [0.5, 0.6) is 11.5 Å². The summed E-state index contributed by atoms with van der Waals surface area (Å²) < 4.78 is 44.0. The van der Waals surface area contributed by atoms with E-state index in [1.807, 2.05) is 47.7 Å². The van der Waals surface area contributed by atoms with E-state index in [0.29, 0.717) is 12.5 Å². The average Bonchev–Trinajstić information content (AvgIpc) is 3.27. The van der Waals surface area contributed by atoms with Crippen molar-refractivity contribution in [2.24, 2.45) is 11.7 Å². The molecule has 2 heterocycles. The number of rotatable bonds is 9. The molecular weight excluding hydrogens is 527 g/mol. The third kappa shape index (κ3) is 6.87. The summed E-state index contributed by atoms with van der Waals surface area (Å²) in [5.41, 5.74) is 9.64. The molecule has 1 saturated heterocycles. The molecule has 0 amide bonds. The number of nitrogens with two attached hydrogens (primary N) is 1. The number of fused-ring (bicyclic) bond motifs is 1. The SMILES string of the molecule is NCCCn1cc(-c2ccc(OC(F)(F)F)cc2)c2cc(ON3CCC(Cc4ccccc4Cl)CC3)ccc21. The van der Waals surface area contributed by atoms with Gasteiger partial charge in [0.05, 0.1) is 0 Å². The van der Waals surface area contributed by atoms with Crippen LogP contribution in [-0.2, 0) is 13.0 Å². The van der Waals surface area contributed by atoms with Gasteiger partial charge in [0.1, 0.15) is 11.5 Å². The monoisotopic (exact) mass is 557 g/mol. The lowest BCUT2D eigenvalue weighted by atomic mass is 9.91. The molecule has 4 aromatic rings. The molecule has 1 aromatic heterocycles. The second kappa shape index (κ2) is 11.9. The van der Waals surface area contributed by atoms with E-state index in [2.05, 4.69) is 15.4 Å². The number of piperidine rings is 1. The van der Waals surface area contributed by atoms with Gasteiger partial charge in [-0.25, -0.2) is 0 Å². The standard InChI is InChI=1S/C30H31ClF3N3O2/c31-28-5-2-1-4-23(28)18-21-12-16-37(17-13-21)39-25-10-11-29-26(19-25)27(20-36(29)15-3-14-35)22-6-8-24(9-7-22)38-30(32,33)34/h1-2,4-11,19-21H,3,12-18,35H2. The lowest BCUT2D eigenvalue weighted by Gasteiger charge is -2.31. The number of benzene rings is 3. The second-order valence-corrected chi connectivity index (χ2v) is 10.3. The number of ether oxygens (including phenoxy) is 1. The minimum Gasteiger partial charge on any atom is -0.406 e. The van der Waals surface area contributed by atoms with Crippen LogP contribution in [0.25, 0.3) is 22.0 Å². The van der Waals surface area contributed by atoms with E-state index < -0.39 is 6.36 Å². The van der Waals surface area contributed by atoms with Gasteiger partial charge in [-0.15, -0.1) is 18.2 Å². The number of aryl methyl sites for hydroxylation is 1. The quantitative estimate of drug-likeness (QED) is 0.232. The van der Waals surface area contributed by atoms with Crippen molar-refractivity contribution in [3.05, 3.63) is 83.5 Å². The molecule has 1 fully saturated rings. The van der Waals surface area contributed by atoms with Crippen LogP contribution in [-0.4, -0.2) is 35.6 Å². The summed E-state index contributed by atoms with van der Waals surface area (Å²) >= 11 is 6.35. The summed E-state index contributed by atoms with van der Waals surface area (Å²) in [5.74, 6) is 1.03. The van der Waals surface area contributed by atoms with Crippen LogP contribution in [0.2, 0.25) is 5.02 Å². The first-order valence-electron chi connectivity index (χ1n) is 13.1. The molecule has 0 radical (unpaired) electrons. The predicted molar refractivity (Wildman–Crippen MR) is 148 cm³/mol. The Hall–Kier alpha value is -3.20. The molecule has 0 unspecified atom stereocenters. The van der Waals surface area contributed by atoms with Crippen LogP contribution in [0, 0.1) is 5.92 Å². The first-order valence-corrected chi connectivity index (χ1v) is 13.5. The Labute approximate surface area is 230 Å². The average molecular weight is 558 g/mol. The number of hydroxylamine groups is 2. The van der Waals surface area contributed by atoms with Gasteiger partial charge in [-0.1, -0.05) is 41.9 Å². The lowest BCUT2D eigenvalue weighted by molar-refractivity contribution is -0.274. The molecule has 5 nitrogen and oxygen atoms in total. The second-order valence-electron chi connectivity index (χ2n) is 9.89. The van der Waals surface area contributed by atoms with Crippen LogP contribution in [0.3, 0.4) is 0 Å². The maximum Gasteiger partial charge on any atom is 0.573 e. The van der Waals surface area contributed by atoms with Gasteiger partial charge in [0.15, 0.2) is 0 Å². The van der Waals surface area contributed by atoms with Crippen molar-refractivity contribution >= 4 is 22.5 Å². The Bertz CT molecular complexity index is 1400.